The van der Waals surface area contributed by atoms with Crippen LogP contribution in [0.25, 0.3) is 0 Å². The Morgan fingerprint density at radius 3 is 2.57 bits per heavy atom. The number of halogens is 5. The first-order chi connectivity index (χ1) is 19.8. The maximum Gasteiger partial charge on any atom is 0.416 e. The number of nitrogens with zero attached hydrogens (tertiary/aromatic N) is 2. The van der Waals surface area contributed by atoms with Crippen LogP contribution in [0.1, 0.15) is 24.8 Å². The summed E-state index contributed by atoms with van der Waals surface area (Å²) in [5.74, 6) is -1.43. The van der Waals surface area contributed by atoms with E-state index in [2.05, 4.69) is 5.32 Å². The van der Waals surface area contributed by atoms with Crippen molar-refractivity contribution < 1.29 is 40.6 Å². The zero-order valence-corrected chi connectivity index (χ0v) is 23.5. The lowest BCUT2D eigenvalue weighted by atomic mass is 10.1. The van der Waals surface area contributed by atoms with Gasteiger partial charge in [-0.05, 0) is 61.4 Å². The van der Waals surface area contributed by atoms with E-state index in [-0.39, 0.29) is 47.6 Å². The summed E-state index contributed by atoms with van der Waals surface area (Å²) in [6.07, 6.45) is -5.26. The Balaban J connectivity index is 1.45. The fourth-order valence-corrected chi connectivity index (χ4v) is 6.83. The molecule has 14 heteroatoms. The van der Waals surface area contributed by atoms with Crippen molar-refractivity contribution in [3.8, 4) is 5.75 Å². The molecule has 0 saturated carbocycles. The Bertz CT molecular complexity index is 1580. The number of benzene rings is 3. The van der Waals surface area contributed by atoms with Crippen LogP contribution in [-0.4, -0.2) is 51.3 Å². The van der Waals surface area contributed by atoms with Crippen molar-refractivity contribution >= 4 is 44.7 Å². The third kappa shape index (κ3) is 6.21. The van der Waals surface area contributed by atoms with E-state index in [0.29, 0.717) is 31.3 Å². The molecule has 2 atom stereocenters. The average Bonchev–Trinajstić information content (AvgIpc) is 3.41. The van der Waals surface area contributed by atoms with Gasteiger partial charge >= 0.3 is 12.1 Å². The third-order valence-corrected chi connectivity index (χ3v) is 9.26. The van der Waals surface area contributed by atoms with E-state index < -0.39 is 44.5 Å². The van der Waals surface area contributed by atoms with Crippen molar-refractivity contribution in [3.63, 3.8) is 0 Å². The van der Waals surface area contributed by atoms with Gasteiger partial charge in [-0.3, -0.25) is 9.10 Å². The van der Waals surface area contributed by atoms with Gasteiger partial charge in [0, 0.05) is 31.2 Å². The molecule has 5 rings (SSSR count). The van der Waals surface area contributed by atoms with Crippen LogP contribution in [0.4, 0.5) is 34.6 Å². The van der Waals surface area contributed by atoms with E-state index >= 15 is 0 Å². The predicted molar refractivity (Wildman–Crippen MR) is 149 cm³/mol. The number of carboxylic acids is 1. The number of rotatable bonds is 8. The summed E-state index contributed by atoms with van der Waals surface area (Å²) >= 11 is 6.15. The molecule has 0 bridgehead atoms. The van der Waals surface area contributed by atoms with Gasteiger partial charge in [0.05, 0.1) is 33.4 Å². The van der Waals surface area contributed by atoms with Crippen LogP contribution in [-0.2, 0) is 21.0 Å². The maximum atomic E-state index is 14.3. The Hall–Kier alpha value is -3.71. The van der Waals surface area contributed by atoms with Gasteiger partial charge in [-0.2, -0.15) is 13.2 Å². The summed E-state index contributed by atoms with van der Waals surface area (Å²) in [4.78, 5) is 12.6. The second-order valence-electron chi connectivity index (χ2n) is 10.1. The molecular weight excluding hydrogens is 602 g/mol. The highest BCUT2D eigenvalue weighted by Crippen LogP contribution is 2.42. The largest absolute Gasteiger partial charge is 0.486 e. The molecule has 1 fully saturated rings. The highest BCUT2D eigenvalue weighted by molar-refractivity contribution is 7.92. The molecule has 2 aliphatic heterocycles. The molecule has 0 amide bonds. The predicted octanol–water partition coefficient (Wildman–Crippen LogP) is 6.01. The van der Waals surface area contributed by atoms with Gasteiger partial charge in [0.25, 0.3) is 10.0 Å². The van der Waals surface area contributed by atoms with Crippen LogP contribution in [0, 0.1) is 5.82 Å². The summed E-state index contributed by atoms with van der Waals surface area (Å²) in [6.45, 7) is 0.690. The second kappa shape index (κ2) is 11.5. The van der Waals surface area contributed by atoms with Crippen LogP contribution in [0.2, 0.25) is 5.02 Å². The molecule has 0 aromatic heterocycles. The van der Waals surface area contributed by atoms with E-state index in [1.54, 1.807) is 24.3 Å². The number of carbonyl (C=O) groups is 1. The molecule has 2 unspecified atom stereocenters. The van der Waals surface area contributed by atoms with Gasteiger partial charge in [-0.25, -0.2) is 12.8 Å². The van der Waals surface area contributed by atoms with E-state index in [4.69, 9.17) is 21.4 Å². The molecule has 0 radical (unpaired) electrons. The number of carboxylic acid groups (broad SMARTS) is 1. The van der Waals surface area contributed by atoms with Crippen LogP contribution < -0.4 is 19.3 Å². The molecule has 0 aliphatic carbocycles. The van der Waals surface area contributed by atoms with Crippen LogP contribution in [0.15, 0.2) is 65.6 Å². The summed E-state index contributed by atoms with van der Waals surface area (Å²) in [7, 11) is -4.51. The SMILES string of the molecule is O=C(O)CCC1CN(S(=O)(=O)c2cccc(C(F)(F)F)c2)c2cc(N3CCC(Nc4c(F)cccc4Cl)C3)ccc2O1. The molecular formula is C28H26ClF4N3O5S. The summed E-state index contributed by atoms with van der Waals surface area (Å²) in [5.41, 5.74) is -0.186. The minimum atomic E-state index is -4.75. The molecule has 2 heterocycles. The number of hydrogen-bond acceptors (Lipinski definition) is 6. The van der Waals surface area contributed by atoms with Crippen molar-refractivity contribution in [2.45, 2.75) is 42.5 Å². The number of sulfonamides is 1. The third-order valence-electron chi connectivity index (χ3n) is 7.17. The van der Waals surface area contributed by atoms with Crippen molar-refractivity contribution in [2.75, 3.05) is 34.2 Å². The standard InChI is InChI=1S/C28H26ClF4N3O5S/c29-22-5-2-6-23(30)27(22)34-18-11-12-35(15-18)19-7-9-25-24(14-19)36(16-20(41-25)8-10-26(37)38)42(39,40)21-4-1-3-17(13-21)28(31,32)33/h1-7,9,13-14,18,20,34H,8,10-12,15-16H2,(H,37,38). The van der Waals surface area contributed by atoms with Crippen molar-refractivity contribution in [3.05, 3.63) is 77.1 Å². The first-order valence-electron chi connectivity index (χ1n) is 13.0. The zero-order chi connectivity index (χ0) is 30.2. The van der Waals surface area contributed by atoms with Crippen LogP contribution >= 0.6 is 11.6 Å². The summed E-state index contributed by atoms with van der Waals surface area (Å²) in [5, 5.41) is 12.5. The molecule has 2 N–H and O–H groups in total. The minimum Gasteiger partial charge on any atom is -0.486 e. The Morgan fingerprint density at radius 1 is 1.10 bits per heavy atom. The lowest BCUT2D eigenvalue weighted by molar-refractivity contribution is -0.138. The smallest absolute Gasteiger partial charge is 0.416 e. The highest BCUT2D eigenvalue weighted by Gasteiger charge is 2.38. The molecule has 3 aromatic carbocycles. The van der Waals surface area contributed by atoms with E-state index in [0.717, 1.165) is 22.5 Å². The second-order valence-corrected chi connectivity index (χ2v) is 12.3. The highest BCUT2D eigenvalue weighted by atomic mass is 35.5. The molecule has 0 spiro atoms. The molecule has 2 aliphatic rings. The summed E-state index contributed by atoms with van der Waals surface area (Å²) < 4.78 is 88.9. The number of anilines is 3. The van der Waals surface area contributed by atoms with Gasteiger partial charge in [0.15, 0.2) is 0 Å². The molecule has 8 nitrogen and oxygen atoms in total. The molecule has 3 aromatic rings. The van der Waals surface area contributed by atoms with E-state index in [1.807, 2.05) is 4.90 Å². The number of aliphatic carboxylic acids is 1. The number of nitrogens with one attached hydrogen (secondary N) is 1. The normalized spacial score (nSPS) is 18.9. The number of fused-ring (bicyclic) bond motifs is 1. The van der Waals surface area contributed by atoms with E-state index in [1.165, 1.54) is 12.1 Å². The Kier molecular flexibility index (Phi) is 8.17. The van der Waals surface area contributed by atoms with Gasteiger partial charge in [-0.1, -0.05) is 23.7 Å². The Labute approximate surface area is 244 Å². The maximum absolute atomic E-state index is 14.3. The quantitative estimate of drug-likeness (QED) is 0.295. The first-order valence-corrected chi connectivity index (χ1v) is 14.8. The number of alkyl halides is 3. The van der Waals surface area contributed by atoms with Gasteiger partial charge in [0.2, 0.25) is 0 Å². The Morgan fingerprint density at radius 2 is 1.86 bits per heavy atom. The average molecular weight is 628 g/mol. The van der Waals surface area contributed by atoms with Crippen molar-refractivity contribution in [1.82, 2.24) is 0 Å². The van der Waals surface area contributed by atoms with Crippen molar-refractivity contribution in [2.24, 2.45) is 0 Å². The fourth-order valence-electron chi connectivity index (χ4n) is 5.07. The first kappa shape index (κ1) is 29.8. The summed E-state index contributed by atoms with van der Waals surface area (Å²) in [6, 6.07) is 12.5. The van der Waals surface area contributed by atoms with Gasteiger partial charge in [-0.15, -0.1) is 0 Å². The minimum absolute atomic E-state index is 0.0107. The molecule has 1 saturated heterocycles. The van der Waals surface area contributed by atoms with E-state index in [9.17, 15) is 30.8 Å². The molecule has 42 heavy (non-hydrogen) atoms. The van der Waals surface area contributed by atoms with Gasteiger partial charge in [0.1, 0.15) is 17.7 Å². The van der Waals surface area contributed by atoms with Gasteiger partial charge < -0.3 is 20.1 Å². The number of ether oxygens (including phenoxy) is 1. The lowest BCUT2D eigenvalue weighted by Gasteiger charge is -2.36. The molecule has 224 valence electrons. The zero-order valence-electron chi connectivity index (χ0n) is 21.9. The van der Waals surface area contributed by atoms with Crippen LogP contribution in [0.5, 0.6) is 5.75 Å². The lowest BCUT2D eigenvalue weighted by Crippen LogP contribution is -2.44. The van der Waals surface area contributed by atoms with Crippen LogP contribution in [0.3, 0.4) is 0 Å². The topological polar surface area (TPSA) is 99.2 Å². The monoisotopic (exact) mass is 627 g/mol. The fraction of sp³-hybridized carbons (Fsp3) is 0.321. The number of hydrogen-bond donors (Lipinski definition) is 2. The van der Waals surface area contributed by atoms with Crippen molar-refractivity contribution in [1.29, 1.82) is 0 Å². The number of para-hydroxylation sites is 1.